The van der Waals surface area contributed by atoms with E-state index in [1.54, 1.807) is 26.0 Å². The highest BCUT2D eigenvalue weighted by atomic mass is 32.2. The maximum Gasteiger partial charge on any atom is 0.259 e. The lowest BCUT2D eigenvalue weighted by molar-refractivity contribution is 0.355. The van der Waals surface area contributed by atoms with Crippen LogP contribution in [0.4, 0.5) is 5.69 Å². The lowest BCUT2D eigenvalue weighted by Gasteiger charge is -2.09. The molecule has 0 unspecified atom stereocenters. The van der Waals surface area contributed by atoms with Gasteiger partial charge in [-0.25, -0.2) is 0 Å². The van der Waals surface area contributed by atoms with Crippen LogP contribution in [0, 0.1) is 0 Å². The molecule has 4 rings (SSSR count). The summed E-state index contributed by atoms with van der Waals surface area (Å²) in [6.45, 7) is 0. The molecule has 2 N–H and O–H groups in total. The molecule has 0 aliphatic rings. The van der Waals surface area contributed by atoms with Crippen molar-refractivity contribution < 1.29 is 14.0 Å². The van der Waals surface area contributed by atoms with Gasteiger partial charge in [-0.2, -0.15) is 4.98 Å². The summed E-state index contributed by atoms with van der Waals surface area (Å²) < 4.78 is 16.4. The van der Waals surface area contributed by atoms with Gasteiger partial charge in [0.25, 0.3) is 5.89 Å². The lowest BCUT2D eigenvalue weighted by Crippen LogP contribution is -1.94. The summed E-state index contributed by atoms with van der Waals surface area (Å²) in [4.78, 5) is 6.68. The van der Waals surface area contributed by atoms with Crippen molar-refractivity contribution in [1.82, 2.24) is 10.1 Å². The molecule has 146 valence electrons. The molecule has 7 heteroatoms. The number of hydrogen-bond donors (Lipinski definition) is 1. The predicted octanol–water partition coefficient (Wildman–Crippen LogP) is 5.15. The first-order chi connectivity index (χ1) is 14.2. The van der Waals surface area contributed by atoms with Crippen LogP contribution in [0.2, 0.25) is 0 Å². The fourth-order valence-corrected chi connectivity index (χ4v) is 3.84. The number of methoxy groups -OCH3 is 2. The third-order valence-electron chi connectivity index (χ3n) is 4.30. The summed E-state index contributed by atoms with van der Waals surface area (Å²) in [7, 11) is 3.18. The highest BCUT2D eigenvalue weighted by molar-refractivity contribution is 7.99. The zero-order chi connectivity index (χ0) is 20.2. The Hall–Kier alpha value is -3.45. The van der Waals surface area contributed by atoms with Gasteiger partial charge in [-0.3, -0.25) is 0 Å². The van der Waals surface area contributed by atoms with Crippen LogP contribution >= 0.6 is 11.8 Å². The SMILES string of the molecule is COc1cccc(-c2noc(-c3ccccc3Sc3ccc(N)cc3)n2)c1OC. The van der Waals surface area contributed by atoms with Crippen LogP contribution in [0.3, 0.4) is 0 Å². The Morgan fingerprint density at radius 2 is 1.62 bits per heavy atom. The predicted molar refractivity (Wildman–Crippen MR) is 113 cm³/mol. The van der Waals surface area contributed by atoms with Crippen molar-refractivity contribution in [2.24, 2.45) is 0 Å². The molecule has 4 aromatic rings. The molecular weight excluding hydrogens is 386 g/mol. The molecule has 0 aliphatic heterocycles. The average Bonchev–Trinajstić information content (AvgIpc) is 3.25. The smallest absolute Gasteiger partial charge is 0.259 e. The minimum absolute atomic E-state index is 0.433. The first-order valence-corrected chi connectivity index (χ1v) is 9.69. The van der Waals surface area contributed by atoms with Gasteiger partial charge in [0.05, 0.1) is 25.3 Å². The van der Waals surface area contributed by atoms with E-state index in [0.717, 1.165) is 21.0 Å². The minimum atomic E-state index is 0.433. The third kappa shape index (κ3) is 3.90. The molecule has 29 heavy (non-hydrogen) atoms. The Balaban J connectivity index is 1.70. The number of aromatic nitrogens is 2. The molecule has 0 fully saturated rings. The Labute approximate surface area is 172 Å². The number of nitrogen functional groups attached to an aromatic ring is 1. The molecular formula is C22H19N3O3S. The second kappa shape index (κ2) is 8.28. The van der Waals surface area contributed by atoms with Gasteiger partial charge in [-0.15, -0.1) is 0 Å². The van der Waals surface area contributed by atoms with Crippen molar-refractivity contribution in [3.63, 3.8) is 0 Å². The van der Waals surface area contributed by atoms with Crippen molar-refractivity contribution >= 4 is 17.4 Å². The van der Waals surface area contributed by atoms with E-state index in [1.165, 1.54) is 0 Å². The fourth-order valence-electron chi connectivity index (χ4n) is 2.90. The monoisotopic (exact) mass is 405 g/mol. The maximum absolute atomic E-state index is 5.78. The highest BCUT2D eigenvalue weighted by Gasteiger charge is 2.19. The molecule has 0 bridgehead atoms. The van der Waals surface area contributed by atoms with E-state index in [2.05, 4.69) is 10.1 Å². The van der Waals surface area contributed by atoms with Crippen LogP contribution in [-0.2, 0) is 0 Å². The molecule has 0 amide bonds. The average molecular weight is 405 g/mol. The normalized spacial score (nSPS) is 10.7. The Morgan fingerprint density at radius 3 is 2.38 bits per heavy atom. The van der Waals surface area contributed by atoms with Gasteiger partial charge in [0, 0.05) is 15.5 Å². The number of ether oxygens (including phenoxy) is 2. The molecule has 0 spiro atoms. The number of nitrogens with two attached hydrogens (primary N) is 1. The first-order valence-electron chi connectivity index (χ1n) is 8.87. The van der Waals surface area contributed by atoms with Gasteiger partial charge >= 0.3 is 0 Å². The number of para-hydroxylation sites is 1. The molecule has 0 aliphatic carbocycles. The van der Waals surface area contributed by atoms with Crippen molar-refractivity contribution in [2.75, 3.05) is 20.0 Å². The first kappa shape index (κ1) is 18.9. The summed E-state index contributed by atoms with van der Waals surface area (Å²) >= 11 is 1.61. The molecule has 6 nitrogen and oxygen atoms in total. The zero-order valence-corrected chi connectivity index (χ0v) is 16.8. The third-order valence-corrected chi connectivity index (χ3v) is 5.38. The number of rotatable bonds is 6. The Kier molecular flexibility index (Phi) is 5.39. The number of hydrogen-bond acceptors (Lipinski definition) is 7. The molecule has 3 aromatic carbocycles. The summed E-state index contributed by atoms with van der Waals surface area (Å²) in [5.41, 5.74) is 8.07. The highest BCUT2D eigenvalue weighted by Crippen LogP contribution is 2.39. The van der Waals surface area contributed by atoms with E-state index in [0.29, 0.717) is 28.8 Å². The van der Waals surface area contributed by atoms with Crippen molar-refractivity contribution in [1.29, 1.82) is 0 Å². The zero-order valence-electron chi connectivity index (χ0n) is 16.0. The summed E-state index contributed by atoms with van der Waals surface area (Å²) in [6, 6.07) is 21.2. The molecule has 1 heterocycles. The molecule has 0 saturated heterocycles. The summed E-state index contributed by atoms with van der Waals surface area (Å²) in [5, 5.41) is 4.16. The van der Waals surface area contributed by atoms with Crippen LogP contribution in [0.15, 0.2) is 81.0 Å². The van der Waals surface area contributed by atoms with Crippen LogP contribution in [0.25, 0.3) is 22.8 Å². The molecule has 0 atom stereocenters. The van der Waals surface area contributed by atoms with Crippen molar-refractivity contribution in [2.45, 2.75) is 9.79 Å². The van der Waals surface area contributed by atoms with E-state index in [4.69, 9.17) is 19.7 Å². The van der Waals surface area contributed by atoms with Gasteiger partial charge in [-0.05, 0) is 48.5 Å². The Bertz CT molecular complexity index is 1130. The van der Waals surface area contributed by atoms with Crippen LogP contribution in [0.1, 0.15) is 0 Å². The minimum Gasteiger partial charge on any atom is -0.493 e. The fraction of sp³-hybridized carbons (Fsp3) is 0.0909. The van der Waals surface area contributed by atoms with Crippen molar-refractivity contribution in [3.8, 4) is 34.3 Å². The quantitative estimate of drug-likeness (QED) is 0.444. The maximum atomic E-state index is 5.78. The van der Waals surface area contributed by atoms with Crippen LogP contribution in [0.5, 0.6) is 11.5 Å². The van der Waals surface area contributed by atoms with Gasteiger partial charge < -0.3 is 19.7 Å². The van der Waals surface area contributed by atoms with E-state index >= 15 is 0 Å². The summed E-state index contributed by atoms with van der Waals surface area (Å²) in [6.07, 6.45) is 0. The van der Waals surface area contributed by atoms with Crippen LogP contribution < -0.4 is 15.2 Å². The molecule has 0 saturated carbocycles. The largest absolute Gasteiger partial charge is 0.493 e. The topological polar surface area (TPSA) is 83.4 Å². The second-order valence-electron chi connectivity index (χ2n) is 6.13. The van der Waals surface area contributed by atoms with Crippen molar-refractivity contribution in [3.05, 3.63) is 66.7 Å². The number of anilines is 1. The summed E-state index contributed by atoms with van der Waals surface area (Å²) in [5.74, 6) is 2.04. The molecule has 0 radical (unpaired) electrons. The number of nitrogens with zero attached hydrogens (tertiary/aromatic N) is 2. The van der Waals surface area contributed by atoms with E-state index in [1.807, 2.05) is 66.7 Å². The van der Waals surface area contributed by atoms with Gasteiger partial charge in [0.2, 0.25) is 5.82 Å². The van der Waals surface area contributed by atoms with E-state index < -0.39 is 0 Å². The van der Waals surface area contributed by atoms with Crippen LogP contribution in [-0.4, -0.2) is 24.4 Å². The molecule has 1 aromatic heterocycles. The van der Waals surface area contributed by atoms with Gasteiger partial charge in [0.15, 0.2) is 11.5 Å². The van der Waals surface area contributed by atoms with E-state index in [-0.39, 0.29) is 0 Å². The Morgan fingerprint density at radius 1 is 0.862 bits per heavy atom. The standard InChI is InChI=1S/C22H19N3O3S/c1-26-18-8-5-7-17(20(18)27-2)21-24-22(28-25-21)16-6-3-4-9-19(16)29-15-12-10-14(23)11-13-15/h3-13H,23H2,1-2H3. The van der Waals surface area contributed by atoms with E-state index in [9.17, 15) is 0 Å². The van der Waals surface area contributed by atoms with Gasteiger partial charge in [0.1, 0.15) is 0 Å². The number of benzene rings is 3. The lowest BCUT2D eigenvalue weighted by atomic mass is 10.1. The second-order valence-corrected chi connectivity index (χ2v) is 7.25. The van der Waals surface area contributed by atoms with Gasteiger partial charge in [-0.1, -0.05) is 35.1 Å².